The number of carbonyl (C=O) groups is 1. The van der Waals surface area contributed by atoms with E-state index in [9.17, 15) is 9.90 Å². The molecule has 1 fully saturated rings. The van der Waals surface area contributed by atoms with Crippen LogP contribution in [0.15, 0.2) is 4.52 Å². The second kappa shape index (κ2) is 6.58. The van der Waals surface area contributed by atoms with Crippen molar-refractivity contribution in [2.75, 3.05) is 14.2 Å². The molecule has 6 heteroatoms. The molecule has 1 aromatic heterocycles. The van der Waals surface area contributed by atoms with Crippen LogP contribution in [-0.4, -0.2) is 47.4 Å². The molecule has 2 rings (SSSR count). The van der Waals surface area contributed by atoms with Gasteiger partial charge < -0.3 is 19.3 Å². The number of ether oxygens (including phenoxy) is 1. The first-order valence-electron chi connectivity index (χ1n) is 7.31. The fraction of sp³-hybridized carbons (Fsp3) is 0.733. The number of amides is 1. The second-order valence-electron chi connectivity index (χ2n) is 5.85. The monoisotopic (exact) mass is 296 g/mol. The summed E-state index contributed by atoms with van der Waals surface area (Å²) in [6.07, 6.45) is 1.16. The van der Waals surface area contributed by atoms with Crippen LogP contribution < -0.4 is 0 Å². The lowest BCUT2D eigenvalue weighted by Crippen LogP contribution is -2.42. The van der Waals surface area contributed by atoms with Crippen molar-refractivity contribution >= 4 is 5.91 Å². The summed E-state index contributed by atoms with van der Waals surface area (Å²) in [7, 11) is 3.37. The lowest BCUT2D eigenvalue weighted by molar-refractivity contribution is -0.140. The van der Waals surface area contributed by atoms with Crippen LogP contribution >= 0.6 is 0 Å². The molecule has 0 radical (unpaired) electrons. The van der Waals surface area contributed by atoms with E-state index in [4.69, 9.17) is 9.26 Å². The number of aromatic nitrogens is 1. The van der Waals surface area contributed by atoms with Gasteiger partial charge in [-0.2, -0.15) is 0 Å². The normalized spacial score (nSPS) is 25.9. The van der Waals surface area contributed by atoms with Crippen molar-refractivity contribution in [1.29, 1.82) is 0 Å². The second-order valence-corrected chi connectivity index (χ2v) is 5.85. The topological polar surface area (TPSA) is 75.8 Å². The maximum atomic E-state index is 12.6. The lowest BCUT2D eigenvalue weighted by Gasteiger charge is -2.33. The third kappa shape index (κ3) is 3.44. The Morgan fingerprint density at radius 3 is 2.76 bits per heavy atom. The van der Waals surface area contributed by atoms with E-state index in [-0.39, 0.29) is 17.9 Å². The first-order valence-corrected chi connectivity index (χ1v) is 7.31. The van der Waals surface area contributed by atoms with E-state index < -0.39 is 6.10 Å². The third-order valence-corrected chi connectivity index (χ3v) is 4.36. The van der Waals surface area contributed by atoms with Gasteiger partial charge in [-0.1, -0.05) is 5.16 Å². The van der Waals surface area contributed by atoms with Gasteiger partial charge in [0.15, 0.2) is 0 Å². The van der Waals surface area contributed by atoms with Crippen LogP contribution in [0.3, 0.4) is 0 Å². The van der Waals surface area contributed by atoms with Crippen LogP contribution in [0.4, 0.5) is 0 Å². The number of hydrogen-bond acceptors (Lipinski definition) is 5. The van der Waals surface area contributed by atoms with Crippen LogP contribution in [0.25, 0.3) is 0 Å². The molecule has 0 unspecified atom stereocenters. The summed E-state index contributed by atoms with van der Waals surface area (Å²) >= 11 is 0. The molecule has 1 saturated carbocycles. The zero-order valence-corrected chi connectivity index (χ0v) is 13.1. The summed E-state index contributed by atoms with van der Waals surface area (Å²) in [5.74, 6) is 0.744. The molecule has 21 heavy (non-hydrogen) atoms. The van der Waals surface area contributed by atoms with Crippen molar-refractivity contribution in [2.45, 2.75) is 51.9 Å². The maximum absolute atomic E-state index is 12.6. The van der Waals surface area contributed by atoms with E-state index in [2.05, 4.69) is 5.16 Å². The third-order valence-electron chi connectivity index (χ3n) is 4.36. The smallest absolute Gasteiger partial charge is 0.225 e. The summed E-state index contributed by atoms with van der Waals surface area (Å²) in [6.45, 7) is 4.23. The predicted molar refractivity (Wildman–Crippen MR) is 76.6 cm³/mol. The van der Waals surface area contributed by atoms with Crippen LogP contribution in [-0.2, 0) is 16.1 Å². The number of carbonyl (C=O) groups excluding carboxylic acids is 1. The zero-order chi connectivity index (χ0) is 15.6. The number of rotatable bonds is 4. The molecule has 0 bridgehead atoms. The minimum Gasteiger partial charge on any atom is -0.390 e. The highest BCUT2D eigenvalue weighted by molar-refractivity contribution is 5.78. The van der Waals surface area contributed by atoms with Crippen LogP contribution in [0, 0.1) is 19.8 Å². The number of aliphatic hydroxyl groups is 1. The van der Waals surface area contributed by atoms with Gasteiger partial charge in [0.05, 0.1) is 24.4 Å². The zero-order valence-electron chi connectivity index (χ0n) is 13.1. The van der Waals surface area contributed by atoms with E-state index >= 15 is 0 Å². The summed E-state index contributed by atoms with van der Waals surface area (Å²) in [5, 5.41) is 13.7. The highest BCUT2D eigenvalue weighted by Gasteiger charge is 2.34. The van der Waals surface area contributed by atoms with Gasteiger partial charge in [-0.25, -0.2) is 0 Å². The summed E-state index contributed by atoms with van der Waals surface area (Å²) in [6, 6.07) is 0. The average Bonchev–Trinajstić information content (AvgIpc) is 2.78. The first-order chi connectivity index (χ1) is 9.93. The predicted octanol–water partition coefficient (Wildman–Crippen LogP) is 1.43. The highest BCUT2D eigenvalue weighted by Crippen LogP contribution is 2.28. The van der Waals surface area contributed by atoms with E-state index in [0.29, 0.717) is 25.8 Å². The van der Waals surface area contributed by atoms with Crippen LogP contribution in [0.5, 0.6) is 0 Å². The Labute approximate surface area is 125 Å². The number of aliphatic hydroxyl groups excluding tert-OH is 1. The first kappa shape index (κ1) is 16.0. The number of nitrogens with zero attached hydrogens (tertiary/aromatic N) is 2. The maximum Gasteiger partial charge on any atom is 0.225 e. The standard InChI is InChI=1S/C15H24N2O4/c1-9-12(10(2)21-16-9)8-17(3)15(19)11-5-6-13(18)14(7-11)20-4/h11,13-14,18H,5-8H2,1-4H3/t11-,13+,14-/m1/s1. The number of methoxy groups -OCH3 is 1. The van der Waals surface area contributed by atoms with E-state index in [1.54, 1.807) is 19.1 Å². The molecule has 0 aliphatic heterocycles. The molecule has 0 spiro atoms. The lowest BCUT2D eigenvalue weighted by atomic mass is 9.84. The molecule has 6 nitrogen and oxygen atoms in total. The summed E-state index contributed by atoms with van der Waals surface area (Å²) in [5.41, 5.74) is 1.78. The largest absolute Gasteiger partial charge is 0.390 e. The Balaban J connectivity index is 1.99. The number of aryl methyl sites for hydroxylation is 2. The number of hydrogen-bond donors (Lipinski definition) is 1. The summed E-state index contributed by atoms with van der Waals surface area (Å²) < 4.78 is 10.4. The van der Waals surface area contributed by atoms with Gasteiger partial charge in [0, 0.05) is 25.6 Å². The Morgan fingerprint density at radius 1 is 1.48 bits per heavy atom. The molecule has 0 aromatic carbocycles. The Hall–Kier alpha value is -1.40. The van der Waals surface area contributed by atoms with Crippen molar-refractivity contribution in [3.63, 3.8) is 0 Å². The van der Waals surface area contributed by atoms with Crippen molar-refractivity contribution in [3.8, 4) is 0 Å². The quantitative estimate of drug-likeness (QED) is 0.909. The summed E-state index contributed by atoms with van der Waals surface area (Å²) in [4.78, 5) is 14.3. The average molecular weight is 296 g/mol. The Morgan fingerprint density at radius 2 is 2.19 bits per heavy atom. The molecule has 118 valence electrons. The Bertz CT molecular complexity index is 480. The minimum absolute atomic E-state index is 0.0870. The van der Waals surface area contributed by atoms with Gasteiger partial charge in [0.1, 0.15) is 5.76 Å². The van der Waals surface area contributed by atoms with Gasteiger partial charge in [0.2, 0.25) is 5.91 Å². The SMILES string of the molecule is CO[C@@H]1C[C@H](C(=O)N(C)Cc2c(C)noc2C)CC[C@@H]1O. The van der Waals surface area contributed by atoms with Gasteiger partial charge in [-0.15, -0.1) is 0 Å². The van der Waals surface area contributed by atoms with Gasteiger partial charge in [-0.05, 0) is 33.1 Å². The fourth-order valence-corrected chi connectivity index (χ4v) is 2.95. The van der Waals surface area contributed by atoms with E-state index in [0.717, 1.165) is 17.0 Å². The molecule has 1 heterocycles. The van der Waals surface area contributed by atoms with Crippen LogP contribution in [0.1, 0.15) is 36.3 Å². The van der Waals surface area contributed by atoms with Crippen LogP contribution in [0.2, 0.25) is 0 Å². The molecular formula is C15H24N2O4. The van der Waals surface area contributed by atoms with E-state index in [1.807, 2.05) is 13.8 Å². The fourth-order valence-electron chi connectivity index (χ4n) is 2.95. The molecule has 1 amide bonds. The van der Waals surface area contributed by atoms with Gasteiger partial charge in [0.25, 0.3) is 0 Å². The van der Waals surface area contributed by atoms with Gasteiger partial charge >= 0.3 is 0 Å². The molecule has 1 aliphatic carbocycles. The van der Waals surface area contributed by atoms with Crippen molar-refractivity contribution < 1.29 is 19.2 Å². The molecular weight excluding hydrogens is 272 g/mol. The van der Waals surface area contributed by atoms with Crippen molar-refractivity contribution in [1.82, 2.24) is 10.1 Å². The molecule has 1 aromatic rings. The van der Waals surface area contributed by atoms with Gasteiger partial charge in [-0.3, -0.25) is 4.79 Å². The van der Waals surface area contributed by atoms with Crippen molar-refractivity contribution in [2.24, 2.45) is 5.92 Å². The van der Waals surface area contributed by atoms with Crippen molar-refractivity contribution in [3.05, 3.63) is 17.0 Å². The Kier molecular flexibility index (Phi) is 5.00. The molecule has 3 atom stereocenters. The highest BCUT2D eigenvalue weighted by atomic mass is 16.5. The molecule has 1 N–H and O–H groups in total. The molecule has 0 saturated heterocycles. The van der Waals surface area contributed by atoms with E-state index in [1.165, 1.54) is 0 Å². The molecule has 1 aliphatic rings. The minimum atomic E-state index is -0.466.